The van der Waals surface area contributed by atoms with E-state index in [0.29, 0.717) is 0 Å². The molecule has 0 aromatic heterocycles. The van der Waals surface area contributed by atoms with Crippen molar-refractivity contribution in [1.82, 2.24) is 0 Å². The first kappa shape index (κ1) is 22.6. The van der Waals surface area contributed by atoms with Crippen molar-refractivity contribution in [2.75, 3.05) is 0 Å². The van der Waals surface area contributed by atoms with Gasteiger partial charge in [0.2, 0.25) is 0 Å². The minimum absolute atomic E-state index is 0. The van der Waals surface area contributed by atoms with Gasteiger partial charge in [-0.2, -0.15) is 0 Å². The van der Waals surface area contributed by atoms with Crippen molar-refractivity contribution in [3.8, 4) is 0 Å². The fourth-order valence-corrected chi connectivity index (χ4v) is 0. The van der Waals surface area contributed by atoms with Gasteiger partial charge in [-0.1, -0.05) is 0 Å². The molecule has 0 atom stereocenters. The molecule has 72 valence electrons. The van der Waals surface area contributed by atoms with E-state index in [0.717, 1.165) is 0 Å². The van der Waals surface area contributed by atoms with Crippen LogP contribution in [0.4, 0.5) is 0 Å². The summed E-state index contributed by atoms with van der Waals surface area (Å²) < 4.78 is 0. The monoisotopic (exact) mass is 211 g/mol. The Hall–Kier alpha value is -1.40. The summed E-state index contributed by atoms with van der Waals surface area (Å²) in [7, 11) is 0. The molecule has 0 fully saturated rings. The maximum Gasteiger partial charge on any atom is 1.00 e. The van der Waals surface area contributed by atoms with Crippen molar-refractivity contribution >= 4 is 0 Å². The first-order valence-electron chi connectivity index (χ1n) is 1.68. The summed E-state index contributed by atoms with van der Waals surface area (Å²) in [6.45, 7) is 0. The van der Waals surface area contributed by atoms with E-state index in [2.05, 4.69) is 0 Å². The van der Waals surface area contributed by atoms with Crippen molar-refractivity contribution in [2.45, 2.75) is 0 Å². The van der Waals surface area contributed by atoms with Crippen molar-refractivity contribution in [3.63, 3.8) is 0 Å². The molecule has 0 radical (unpaired) electrons. The van der Waals surface area contributed by atoms with Crippen LogP contribution < -0.4 is 29.6 Å². The van der Waals surface area contributed by atoms with Gasteiger partial charge < -0.3 is 25.7 Å². The van der Waals surface area contributed by atoms with Crippen LogP contribution in [0.15, 0.2) is 0 Å². The molecule has 0 saturated heterocycles. The van der Waals surface area contributed by atoms with E-state index in [-0.39, 0.29) is 29.6 Å². The summed E-state index contributed by atoms with van der Waals surface area (Å²) in [6, 6.07) is 0. The second kappa shape index (κ2) is 16.9. The van der Waals surface area contributed by atoms with Crippen molar-refractivity contribution in [1.29, 1.82) is 0 Å². The molecular weight excluding hydrogens is 209 g/mol. The van der Waals surface area contributed by atoms with Crippen molar-refractivity contribution in [3.05, 3.63) is 35.6 Å². The molecule has 0 saturated carbocycles. The fraction of sp³-hybridized carbons (Fsp3) is 0. The fourth-order valence-electron chi connectivity index (χ4n) is 0. The maximum atomic E-state index is 8.36. The molecule has 2 N–H and O–H groups in total. The third-order valence-electron chi connectivity index (χ3n) is 0. The molecule has 0 rings (SSSR count). The van der Waals surface area contributed by atoms with Crippen LogP contribution in [0, 0.1) is 35.6 Å². The van der Waals surface area contributed by atoms with Crippen LogP contribution in [-0.4, -0.2) is 25.7 Å². The van der Waals surface area contributed by atoms with Crippen LogP contribution in [0.3, 0.4) is 0 Å². The van der Waals surface area contributed by atoms with E-state index in [1.54, 1.807) is 0 Å². The number of hydrogen-bond donors (Lipinski definition) is 2. The Morgan fingerprint density at radius 2 is 0.769 bits per heavy atom. The smallest absolute Gasteiger partial charge is 0.356 e. The van der Waals surface area contributed by atoms with Crippen LogP contribution in [0.1, 0.15) is 0 Å². The second-order valence-electron chi connectivity index (χ2n) is 0.699. The van der Waals surface area contributed by atoms with E-state index < -0.39 is 15.3 Å². The van der Waals surface area contributed by atoms with E-state index in [1.165, 1.54) is 0 Å². The maximum absolute atomic E-state index is 8.36. The zero-order chi connectivity index (χ0) is 10.7. The Bertz CT molecular complexity index is 112. The van der Waals surface area contributed by atoms with E-state index in [4.69, 9.17) is 46.0 Å². The van der Waals surface area contributed by atoms with Gasteiger partial charge in [-0.25, -0.2) is 0 Å². The predicted octanol–water partition coefficient (Wildman–Crippen LogP) is -3.93. The van der Waals surface area contributed by atoms with Gasteiger partial charge in [0, 0.05) is 0 Å². The molecule has 0 aliphatic carbocycles. The number of rotatable bonds is 0. The molecule has 0 aromatic carbocycles. The molecule has 0 aliphatic rings. The SMILES string of the molecule is O=[N+]([O-])O.O=[N+]([O-])O.O=[N+]([O-])[O-].[Na+]. The Balaban J connectivity index is -0.0000000450. The van der Waals surface area contributed by atoms with Gasteiger partial charge in [-0.15, -0.1) is 20.2 Å². The molecule has 13 heteroatoms. The topological polar surface area (TPSA) is 193 Å². The quantitative estimate of drug-likeness (QED) is 0.228. The van der Waals surface area contributed by atoms with Gasteiger partial charge in [-0.3, -0.25) is 0 Å². The minimum Gasteiger partial charge on any atom is -0.356 e. The standard InChI is InChI=1S/2HNO3.NO3.Na/c3*2-1(3)4;/h2*(H,2,3,4);;/q;;-1;+1. The van der Waals surface area contributed by atoms with Crippen LogP contribution in [-0.2, 0) is 0 Å². The first-order chi connectivity index (χ1) is 5.20. The molecule has 12 nitrogen and oxygen atoms in total. The normalized spacial score (nSPS) is 5.54. The molecule has 13 heavy (non-hydrogen) atoms. The van der Waals surface area contributed by atoms with E-state index in [1.807, 2.05) is 0 Å². The summed E-state index contributed by atoms with van der Waals surface area (Å²) in [5.41, 5.74) is 0. The Morgan fingerprint density at radius 1 is 0.769 bits per heavy atom. The third-order valence-corrected chi connectivity index (χ3v) is 0. The molecule has 0 unspecified atom stereocenters. The second-order valence-corrected chi connectivity index (χ2v) is 0.699. The summed E-state index contributed by atoms with van der Waals surface area (Å²) in [5, 5.41) is 42.0. The average molecular weight is 211 g/mol. The van der Waals surface area contributed by atoms with Crippen molar-refractivity contribution in [2.24, 2.45) is 0 Å². The Morgan fingerprint density at radius 3 is 0.769 bits per heavy atom. The Kier molecular flexibility index (Phi) is 29.4. The average Bonchev–Trinajstić information content (AvgIpc) is 1.54. The molecule has 0 amide bonds. The molecule has 0 bridgehead atoms. The molecule has 0 spiro atoms. The number of nitrogens with zero attached hydrogens (tertiary/aromatic N) is 3. The van der Waals surface area contributed by atoms with Gasteiger partial charge in [0.15, 0.2) is 0 Å². The minimum atomic E-state index is -1.75. The first-order valence-corrected chi connectivity index (χ1v) is 1.68. The Labute approximate surface area is 91.0 Å². The zero-order valence-electron chi connectivity index (χ0n) is 6.09. The number of hydrogen-bond acceptors (Lipinski definition) is 7. The van der Waals surface area contributed by atoms with Crippen LogP contribution >= 0.6 is 0 Å². The molecule has 0 aliphatic heterocycles. The molecular formula is H2N3NaO9. The zero-order valence-corrected chi connectivity index (χ0v) is 8.09. The summed E-state index contributed by atoms with van der Waals surface area (Å²) in [4.78, 5) is 25.0. The van der Waals surface area contributed by atoms with Crippen LogP contribution in [0.2, 0.25) is 0 Å². The summed E-state index contributed by atoms with van der Waals surface area (Å²) >= 11 is 0. The van der Waals surface area contributed by atoms with Gasteiger partial charge in [0.1, 0.15) is 0 Å². The van der Waals surface area contributed by atoms with E-state index in [9.17, 15) is 0 Å². The van der Waals surface area contributed by atoms with Crippen LogP contribution in [0.25, 0.3) is 0 Å². The molecule has 0 heterocycles. The van der Waals surface area contributed by atoms with E-state index >= 15 is 0 Å². The van der Waals surface area contributed by atoms with Crippen LogP contribution in [0.5, 0.6) is 0 Å². The van der Waals surface area contributed by atoms with Gasteiger partial charge in [0.05, 0.1) is 5.09 Å². The van der Waals surface area contributed by atoms with Gasteiger partial charge in [0.25, 0.3) is 10.2 Å². The third kappa shape index (κ3) is 400. The summed E-state index contributed by atoms with van der Waals surface area (Å²) in [5.74, 6) is 0. The largest absolute Gasteiger partial charge is 1.00 e. The molecule has 0 aromatic rings. The van der Waals surface area contributed by atoms with Gasteiger partial charge >= 0.3 is 29.6 Å². The van der Waals surface area contributed by atoms with Gasteiger partial charge in [-0.05, 0) is 0 Å². The predicted molar refractivity (Wildman–Crippen MR) is 27.9 cm³/mol. The van der Waals surface area contributed by atoms with Crippen molar-refractivity contribution < 1.29 is 55.2 Å². The summed E-state index contributed by atoms with van der Waals surface area (Å²) in [6.07, 6.45) is 0.